The molecule has 21 heavy (non-hydrogen) atoms. The van der Waals surface area contributed by atoms with Crippen molar-refractivity contribution in [3.05, 3.63) is 35.9 Å². The lowest BCUT2D eigenvalue weighted by atomic mass is 9.86. The van der Waals surface area contributed by atoms with Crippen LogP contribution in [0, 0.1) is 5.92 Å². The molecule has 0 saturated carbocycles. The molecule has 0 spiro atoms. The molecule has 1 aromatic rings. The Balaban J connectivity index is 2.19. The molecule has 1 amide bonds. The molecule has 1 saturated heterocycles. The average Bonchev–Trinajstić information content (AvgIpc) is 2.45. The molecule has 1 heterocycles. The van der Waals surface area contributed by atoms with Gasteiger partial charge in [-0.15, -0.1) is 0 Å². The minimum atomic E-state index is -0.445. The van der Waals surface area contributed by atoms with Crippen LogP contribution in [0.25, 0.3) is 0 Å². The van der Waals surface area contributed by atoms with Gasteiger partial charge in [-0.2, -0.15) is 0 Å². The number of nitrogens with zero attached hydrogens (tertiary/aromatic N) is 1. The van der Waals surface area contributed by atoms with Crippen LogP contribution in [0.2, 0.25) is 0 Å². The molecule has 3 nitrogen and oxygen atoms in total. The Morgan fingerprint density at radius 3 is 2.52 bits per heavy atom. The topological polar surface area (TPSA) is 29.5 Å². The highest BCUT2D eigenvalue weighted by molar-refractivity contribution is 5.69. The smallest absolute Gasteiger partial charge is 0.410 e. The van der Waals surface area contributed by atoms with Crippen molar-refractivity contribution in [2.24, 2.45) is 5.92 Å². The Bertz CT molecular complexity index is 464. The Morgan fingerprint density at radius 1 is 1.29 bits per heavy atom. The third-order valence-corrected chi connectivity index (χ3v) is 4.10. The zero-order valence-electron chi connectivity index (χ0n) is 13.6. The third kappa shape index (κ3) is 4.23. The second kappa shape index (κ2) is 6.50. The molecule has 3 heteroatoms. The number of benzene rings is 1. The zero-order valence-corrected chi connectivity index (χ0v) is 13.6. The first-order chi connectivity index (χ1) is 9.90. The first-order valence-corrected chi connectivity index (χ1v) is 7.95. The van der Waals surface area contributed by atoms with Gasteiger partial charge in [0.2, 0.25) is 0 Å². The fourth-order valence-corrected chi connectivity index (χ4v) is 2.94. The van der Waals surface area contributed by atoms with Crippen molar-refractivity contribution in [2.75, 3.05) is 6.54 Å². The lowest BCUT2D eigenvalue weighted by molar-refractivity contribution is 0.00394. The summed E-state index contributed by atoms with van der Waals surface area (Å²) < 4.78 is 5.58. The van der Waals surface area contributed by atoms with E-state index in [-0.39, 0.29) is 12.1 Å². The highest BCUT2D eigenvalue weighted by Gasteiger charge is 2.34. The van der Waals surface area contributed by atoms with Gasteiger partial charge in [-0.3, -0.25) is 0 Å². The van der Waals surface area contributed by atoms with E-state index >= 15 is 0 Å². The summed E-state index contributed by atoms with van der Waals surface area (Å²) >= 11 is 0. The van der Waals surface area contributed by atoms with Gasteiger partial charge in [0, 0.05) is 6.54 Å². The molecular formula is C18H27NO2. The number of piperidine rings is 1. The van der Waals surface area contributed by atoms with Gasteiger partial charge in [-0.1, -0.05) is 43.7 Å². The van der Waals surface area contributed by atoms with E-state index in [9.17, 15) is 4.79 Å². The molecular weight excluding hydrogens is 262 g/mol. The van der Waals surface area contributed by atoms with Crippen LogP contribution < -0.4 is 0 Å². The van der Waals surface area contributed by atoms with E-state index in [1.807, 2.05) is 43.9 Å². The predicted molar refractivity (Wildman–Crippen MR) is 85.1 cm³/mol. The lowest BCUT2D eigenvalue weighted by Gasteiger charge is -2.40. The van der Waals surface area contributed by atoms with Gasteiger partial charge in [0.1, 0.15) is 5.60 Å². The summed E-state index contributed by atoms with van der Waals surface area (Å²) in [4.78, 5) is 14.4. The summed E-state index contributed by atoms with van der Waals surface area (Å²) in [6, 6.07) is 10.5. The average molecular weight is 289 g/mol. The number of carbonyl (C=O) groups is 1. The molecule has 0 radical (unpaired) electrons. The Labute approximate surface area is 128 Å². The Hall–Kier alpha value is -1.51. The molecule has 1 aromatic carbocycles. The maximum atomic E-state index is 12.5. The summed E-state index contributed by atoms with van der Waals surface area (Å²) in [5.74, 6) is 0.689. The maximum Gasteiger partial charge on any atom is 0.410 e. The van der Waals surface area contributed by atoms with Crippen molar-refractivity contribution < 1.29 is 9.53 Å². The fourth-order valence-electron chi connectivity index (χ4n) is 2.94. The molecule has 0 N–H and O–H groups in total. The van der Waals surface area contributed by atoms with Crippen molar-refractivity contribution in [3.63, 3.8) is 0 Å². The second-order valence-corrected chi connectivity index (χ2v) is 6.90. The van der Waals surface area contributed by atoms with Crippen molar-refractivity contribution in [2.45, 2.75) is 58.6 Å². The highest BCUT2D eigenvalue weighted by Crippen LogP contribution is 2.36. The first-order valence-electron chi connectivity index (χ1n) is 7.95. The maximum absolute atomic E-state index is 12.5. The molecule has 1 fully saturated rings. The minimum absolute atomic E-state index is 0.139. The van der Waals surface area contributed by atoms with Crippen LogP contribution in [-0.2, 0) is 4.74 Å². The van der Waals surface area contributed by atoms with Crippen molar-refractivity contribution >= 4 is 6.09 Å². The number of hydrogen-bond donors (Lipinski definition) is 0. The summed E-state index contributed by atoms with van der Waals surface area (Å²) in [6.07, 6.45) is 3.08. The number of hydrogen-bond acceptors (Lipinski definition) is 2. The van der Waals surface area contributed by atoms with E-state index in [0.717, 1.165) is 19.4 Å². The summed E-state index contributed by atoms with van der Waals surface area (Å²) in [6.45, 7) is 8.77. The summed E-state index contributed by atoms with van der Waals surface area (Å²) in [7, 11) is 0. The molecule has 0 bridgehead atoms. The fraction of sp³-hybridized carbons (Fsp3) is 0.611. The summed E-state index contributed by atoms with van der Waals surface area (Å²) in [5, 5.41) is 0. The normalized spacial score (nSPS) is 23.0. The number of ether oxygens (including phenoxy) is 1. The van der Waals surface area contributed by atoms with Crippen LogP contribution in [-0.4, -0.2) is 23.1 Å². The number of carbonyl (C=O) groups excluding carboxylic acids is 1. The van der Waals surface area contributed by atoms with Gasteiger partial charge >= 0.3 is 6.09 Å². The van der Waals surface area contributed by atoms with Gasteiger partial charge in [0.15, 0.2) is 0 Å². The van der Waals surface area contributed by atoms with Gasteiger partial charge in [-0.05, 0) is 45.1 Å². The van der Waals surface area contributed by atoms with Crippen molar-refractivity contribution in [1.29, 1.82) is 0 Å². The van der Waals surface area contributed by atoms with Crippen LogP contribution in [0.1, 0.15) is 58.6 Å². The lowest BCUT2D eigenvalue weighted by Crippen LogP contribution is -2.43. The van der Waals surface area contributed by atoms with Crippen LogP contribution in [0.4, 0.5) is 4.79 Å². The molecule has 0 aliphatic carbocycles. The molecule has 2 rings (SSSR count). The number of amides is 1. The van der Waals surface area contributed by atoms with Crippen LogP contribution in [0.15, 0.2) is 30.3 Å². The van der Waals surface area contributed by atoms with Crippen molar-refractivity contribution in [3.8, 4) is 0 Å². The van der Waals surface area contributed by atoms with Gasteiger partial charge in [0.05, 0.1) is 6.04 Å². The van der Waals surface area contributed by atoms with E-state index < -0.39 is 5.60 Å². The molecule has 0 unspecified atom stereocenters. The summed E-state index contributed by atoms with van der Waals surface area (Å²) in [5.41, 5.74) is 0.765. The quantitative estimate of drug-likeness (QED) is 0.783. The predicted octanol–water partition coefficient (Wildman–Crippen LogP) is 4.78. The number of likely N-dealkylation sites (tertiary alicyclic amines) is 1. The minimum Gasteiger partial charge on any atom is -0.444 e. The van der Waals surface area contributed by atoms with E-state index in [1.54, 1.807) is 0 Å². The van der Waals surface area contributed by atoms with Gasteiger partial charge in [-0.25, -0.2) is 4.79 Å². The zero-order chi connectivity index (χ0) is 15.5. The largest absolute Gasteiger partial charge is 0.444 e. The van der Waals surface area contributed by atoms with E-state index in [1.165, 1.54) is 12.0 Å². The molecule has 1 aliphatic heterocycles. The number of rotatable bonds is 2. The van der Waals surface area contributed by atoms with E-state index in [2.05, 4.69) is 19.1 Å². The SMILES string of the molecule is CC[C@@H]1CCN(C(=O)OC(C)(C)C)[C@H](c2ccccc2)C1. The first kappa shape index (κ1) is 15.9. The van der Waals surface area contributed by atoms with Crippen LogP contribution >= 0.6 is 0 Å². The highest BCUT2D eigenvalue weighted by atomic mass is 16.6. The monoisotopic (exact) mass is 289 g/mol. The standard InChI is InChI=1S/C18H27NO2/c1-5-14-11-12-19(17(20)21-18(2,3)4)16(13-14)15-9-7-6-8-10-15/h6-10,14,16H,5,11-13H2,1-4H3/t14-,16+/m1/s1. The Morgan fingerprint density at radius 2 is 1.95 bits per heavy atom. The third-order valence-electron chi connectivity index (χ3n) is 4.10. The van der Waals surface area contributed by atoms with E-state index in [4.69, 9.17) is 4.74 Å². The van der Waals surface area contributed by atoms with Gasteiger partial charge in [0.25, 0.3) is 0 Å². The molecule has 116 valence electrons. The van der Waals surface area contributed by atoms with E-state index in [0.29, 0.717) is 5.92 Å². The second-order valence-electron chi connectivity index (χ2n) is 6.90. The van der Waals surface area contributed by atoms with Crippen molar-refractivity contribution in [1.82, 2.24) is 4.90 Å². The van der Waals surface area contributed by atoms with Crippen LogP contribution in [0.3, 0.4) is 0 Å². The molecule has 0 aromatic heterocycles. The molecule has 1 aliphatic rings. The van der Waals surface area contributed by atoms with Crippen LogP contribution in [0.5, 0.6) is 0 Å². The molecule has 2 atom stereocenters. The Kier molecular flexibility index (Phi) is 4.92. The van der Waals surface area contributed by atoms with Gasteiger partial charge < -0.3 is 9.64 Å².